The van der Waals surface area contributed by atoms with Gasteiger partial charge < -0.3 is 9.84 Å². The number of rotatable bonds is 0. The fourth-order valence-corrected chi connectivity index (χ4v) is 2.49. The van der Waals surface area contributed by atoms with E-state index in [0.29, 0.717) is 19.3 Å². The number of amides is 1. The Balaban J connectivity index is 2.43. The largest absolute Gasteiger partial charge is 0.451 e. The first-order valence-electron chi connectivity index (χ1n) is 5.57. The number of carbonyl (C=O) groups excluding carboxylic acids is 1. The molecule has 1 heterocycles. The monoisotopic (exact) mass is 266 g/mol. The third kappa shape index (κ3) is 1.66. The molecule has 0 bridgehead atoms. The van der Waals surface area contributed by atoms with E-state index in [4.69, 9.17) is 0 Å². The third-order valence-corrected chi connectivity index (χ3v) is 3.38. The number of fused-ring (bicyclic) bond motifs is 1. The van der Waals surface area contributed by atoms with Crippen LogP contribution in [0.2, 0.25) is 0 Å². The maximum absolute atomic E-state index is 13.1. The Morgan fingerprint density at radius 2 is 2.22 bits per heavy atom. The lowest BCUT2D eigenvalue weighted by Crippen LogP contribution is -2.61. The third-order valence-electron chi connectivity index (χ3n) is 3.38. The van der Waals surface area contributed by atoms with Gasteiger partial charge in [-0.1, -0.05) is 6.42 Å². The average molecular weight is 266 g/mol. The molecule has 1 saturated carbocycles. The van der Waals surface area contributed by atoms with E-state index in [1.165, 1.54) is 0 Å². The molecule has 2 aliphatic rings. The van der Waals surface area contributed by atoms with Gasteiger partial charge in [-0.15, -0.1) is 0 Å². The number of aliphatic hydroxyl groups is 1. The minimum atomic E-state index is -4.98. The number of methoxy groups -OCH3 is 1. The minimum absolute atomic E-state index is 0.0261. The zero-order valence-corrected chi connectivity index (χ0v) is 9.70. The van der Waals surface area contributed by atoms with E-state index in [0.717, 1.165) is 7.11 Å². The second kappa shape index (κ2) is 4.11. The van der Waals surface area contributed by atoms with E-state index in [1.54, 1.807) is 0 Å². The van der Waals surface area contributed by atoms with Gasteiger partial charge in [-0.05, 0) is 19.3 Å². The van der Waals surface area contributed by atoms with Gasteiger partial charge in [-0.3, -0.25) is 0 Å². The van der Waals surface area contributed by atoms with Gasteiger partial charge in [0, 0.05) is 5.71 Å². The van der Waals surface area contributed by atoms with Crippen molar-refractivity contribution in [3.63, 3.8) is 0 Å². The van der Waals surface area contributed by atoms with E-state index in [-0.39, 0.29) is 17.1 Å². The van der Waals surface area contributed by atoms with Crippen LogP contribution in [0.15, 0.2) is 5.10 Å². The molecule has 8 heteroatoms. The molecule has 0 unspecified atom stereocenters. The van der Waals surface area contributed by atoms with E-state index in [9.17, 15) is 23.1 Å². The molecule has 0 aromatic rings. The molecule has 1 N–H and O–H groups in total. The van der Waals surface area contributed by atoms with Gasteiger partial charge in [-0.25, -0.2) is 4.79 Å². The highest BCUT2D eigenvalue weighted by molar-refractivity contribution is 5.92. The van der Waals surface area contributed by atoms with Crippen molar-refractivity contribution in [1.29, 1.82) is 0 Å². The Hall–Kier alpha value is -1.31. The fraction of sp³-hybridized carbons (Fsp3) is 0.800. The molecule has 5 nitrogen and oxygen atoms in total. The van der Waals surface area contributed by atoms with Crippen molar-refractivity contribution >= 4 is 11.8 Å². The summed E-state index contributed by atoms with van der Waals surface area (Å²) in [6.07, 6.45) is -4.50. The van der Waals surface area contributed by atoms with Crippen LogP contribution in [0.4, 0.5) is 18.0 Å². The summed E-state index contributed by atoms with van der Waals surface area (Å²) in [5.74, 6) is -1.19. The van der Waals surface area contributed by atoms with Crippen LogP contribution < -0.4 is 0 Å². The first-order chi connectivity index (χ1) is 8.32. The number of ether oxygens (including phenoxy) is 1. The van der Waals surface area contributed by atoms with E-state index in [1.807, 2.05) is 0 Å². The van der Waals surface area contributed by atoms with E-state index < -0.39 is 23.9 Å². The normalized spacial score (nSPS) is 31.9. The van der Waals surface area contributed by atoms with Gasteiger partial charge in [-0.2, -0.15) is 23.3 Å². The van der Waals surface area contributed by atoms with Crippen LogP contribution in [0.5, 0.6) is 0 Å². The first kappa shape index (κ1) is 13.1. The van der Waals surface area contributed by atoms with Crippen molar-refractivity contribution in [2.45, 2.75) is 37.6 Å². The van der Waals surface area contributed by atoms with Gasteiger partial charge in [0.05, 0.1) is 13.0 Å². The summed E-state index contributed by atoms with van der Waals surface area (Å²) < 4.78 is 43.5. The van der Waals surface area contributed by atoms with Crippen molar-refractivity contribution in [3.05, 3.63) is 0 Å². The first-order valence-corrected chi connectivity index (χ1v) is 5.57. The summed E-state index contributed by atoms with van der Waals surface area (Å²) >= 11 is 0. The van der Waals surface area contributed by atoms with Crippen molar-refractivity contribution in [2.24, 2.45) is 11.0 Å². The molecule has 0 spiro atoms. The average Bonchev–Trinajstić information content (AvgIpc) is 2.63. The quantitative estimate of drug-likeness (QED) is 0.728. The maximum Gasteiger partial charge on any atom is 0.439 e. The van der Waals surface area contributed by atoms with Crippen LogP contribution in [0.1, 0.15) is 25.7 Å². The predicted octanol–water partition coefficient (Wildman–Crippen LogP) is 1.87. The summed E-state index contributed by atoms with van der Waals surface area (Å²) in [4.78, 5) is 11.4. The molecule has 1 aliphatic heterocycles. The SMILES string of the molecule is COC(=O)N1N=C2CCCC[C@H]2[C@@]1(O)C(F)(F)F. The Kier molecular flexibility index (Phi) is 3.00. The molecule has 18 heavy (non-hydrogen) atoms. The molecule has 1 amide bonds. The molecule has 2 rings (SSSR count). The highest BCUT2D eigenvalue weighted by Gasteiger charge is 2.68. The standard InChI is InChI=1S/C10H13F3N2O3/c1-18-8(16)15-9(17,10(11,12)13)6-4-2-3-5-7(6)14-15/h6,17H,2-5H2,1H3/t6-,9-/m1/s1. The summed E-state index contributed by atoms with van der Waals surface area (Å²) in [5, 5.41) is 13.6. The maximum atomic E-state index is 13.1. The topological polar surface area (TPSA) is 62.1 Å². The molecule has 1 fully saturated rings. The number of hydrazone groups is 1. The molecule has 0 saturated heterocycles. The van der Waals surface area contributed by atoms with Gasteiger partial charge in [0.25, 0.3) is 5.72 Å². The number of carbonyl (C=O) groups is 1. The van der Waals surface area contributed by atoms with E-state index in [2.05, 4.69) is 9.84 Å². The second-order valence-corrected chi connectivity index (χ2v) is 4.40. The lowest BCUT2D eigenvalue weighted by atomic mass is 9.80. The van der Waals surface area contributed by atoms with Gasteiger partial charge >= 0.3 is 12.3 Å². The Labute approximate surface area is 101 Å². The van der Waals surface area contributed by atoms with Crippen molar-refractivity contribution in [2.75, 3.05) is 7.11 Å². The number of hydrogen-bond donors (Lipinski definition) is 1. The lowest BCUT2D eigenvalue weighted by Gasteiger charge is -2.37. The smallest absolute Gasteiger partial charge is 0.439 e. The van der Waals surface area contributed by atoms with Crippen LogP contribution >= 0.6 is 0 Å². The zero-order chi connectivity index (χ0) is 13.6. The molecule has 1 aliphatic carbocycles. The predicted molar refractivity (Wildman–Crippen MR) is 54.6 cm³/mol. The molecule has 2 atom stereocenters. The molecule has 102 valence electrons. The highest BCUT2D eigenvalue weighted by Crippen LogP contribution is 2.48. The van der Waals surface area contributed by atoms with Crippen molar-refractivity contribution in [3.8, 4) is 0 Å². The highest BCUT2D eigenvalue weighted by atomic mass is 19.4. The van der Waals surface area contributed by atoms with Crippen LogP contribution in [0.3, 0.4) is 0 Å². The number of halogens is 3. The van der Waals surface area contributed by atoms with Crippen LogP contribution in [-0.4, -0.2) is 40.9 Å². The van der Waals surface area contributed by atoms with E-state index >= 15 is 0 Å². The second-order valence-electron chi connectivity index (χ2n) is 4.40. The fourth-order valence-electron chi connectivity index (χ4n) is 2.49. The number of alkyl halides is 3. The zero-order valence-electron chi connectivity index (χ0n) is 9.70. The molecule has 0 radical (unpaired) electrons. The summed E-state index contributed by atoms with van der Waals surface area (Å²) in [6, 6.07) is 0. The van der Waals surface area contributed by atoms with Crippen LogP contribution in [0, 0.1) is 5.92 Å². The van der Waals surface area contributed by atoms with Gasteiger partial charge in [0.1, 0.15) is 0 Å². The van der Waals surface area contributed by atoms with Gasteiger partial charge in [0.2, 0.25) is 0 Å². The number of hydrogen-bond acceptors (Lipinski definition) is 4. The van der Waals surface area contributed by atoms with Crippen LogP contribution in [-0.2, 0) is 4.74 Å². The van der Waals surface area contributed by atoms with Crippen LogP contribution in [0.25, 0.3) is 0 Å². The molecule has 0 aromatic heterocycles. The summed E-state index contributed by atoms with van der Waals surface area (Å²) in [5.41, 5.74) is -3.07. The summed E-state index contributed by atoms with van der Waals surface area (Å²) in [6.45, 7) is 0. The van der Waals surface area contributed by atoms with Crippen molar-refractivity contribution in [1.82, 2.24) is 5.01 Å². The van der Waals surface area contributed by atoms with Crippen molar-refractivity contribution < 1.29 is 27.8 Å². The Morgan fingerprint density at radius 1 is 1.56 bits per heavy atom. The molecular weight excluding hydrogens is 253 g/mol. The Morgan fingerprint density at radius 3 is 2.78 bits per heavy atom. The Bertz CT molecular complexity index is 396. The molecule has 0 aromatic carbocycles. The number of nitrogens with zero attached hydrogens (tertiary/aromatic N) is 2. The molecular formula is C10H13F3N2O3. The van der Waals surface area contributed by atoms with Gasteiger partial charge in [0.15, 0.2) is 0 Å². The lowest BCUT2D eigenvalue weighted by molar-refractivity contribution is -0.314. The minimum Gasteiger partial charge on any atom is -0.451 e. The summed E-state index contributed by atoms with van der Waals surface area (Å²) in [7, 11) is 0.946.